The van der Waals surface area contributed by atoms with Gasteiger partial charge in [-0.15, -0.1) is 0 Å². The third kappa shape index (κ3) is 5.27. The number of likely N-dealkylation sites (tertiary alicyclic amines) is 1. The molecule has 1 heterocycles. The smallest absolute Gasteiger partial charge is 0.315 e. The molecular weight excluding hydrogens is 290 g/mol. The molecule has 0 bridgehead atoms. The lowest BCUT2D eigenvalue weighted by molar-refractivity contribution is -0.128. The fraction of sp³-hybridized carbons (Fsp3) is 0.556. The number of hydrogen-bond donors (Lipinski definition) is 2. The van der Waals surface area contributed by atoms with Gasteiger partial charge in [0.1, 0.15) is 6.04 Å². The van der Waals surface area contributed by atoms with Gasteiger partial charge in [0.05, 0.1) is 0 Å². The van der Waals surface area contributed by atoms with Crippen molar-refractivity contribution in [1.82, 2.24) is 15.5 Å². The third-order valence-corrected chi connectivity index (χ3v) is 4.33. The molecule has 2 N–H and O–H groups in total. The number of carbonyl (C=O) groups excluding carboxylic acids is 2. The molecule has 1 aliphatic rings. The minimum Gasteiger partial charge on any atom is -0.344 e. The average Bonchev–Trinajstić information content (AvgIpc) is 2.86. The molecule has 0 unspecified atom stereocenters. The number of urea groups is 1. The van der Waals surface area contributed by atoms with E-state index in [9.17, 15) is 9.59 Å². The Morgan fingerprint density at radius 3 is 2.65 bits per heavy atom. The lowest BCUT2D eigenvalue weighted by Crippen LogP contribution is -2.48. The largest absolute Gasteiger partial charge is 0.344 e. The number of rotatable bonds is 7. The summed E-state index contributed by atoms with van der Waals surface area (Å²) in [4.78, 5) is 25.7. The zero-order valence-corrected chi connectivity index (χ0v) is 14.0. The van der Waals surface area contributed by atoms with Gasteiger partial charge in [0.15, 0.2) is 0 Å². The van der Waals surface area contributed by atoms with Crippen LogP contribution in [0.2, 0.25) is 0 Å². The van der Waals surface area contributed by atoms with Crippen molar-refractivity contribution < 1.29 is 9.59 Å². The highest BCUT2D eigenvalue weighted by molar-refractivity contribution is 5.88. The highest BCUT2D eigenvalue weighted by Gasteiger charge is 2.30. The third-order valence-electron chi connectivity index (χ3n) is 4.33. The summed E-state index contributed by atoms with van der Waals surface area (Å²) in [5, 5.41) is 5.83. The van der Waals surface area contributed by atoms with Gasteiger partial charge in [0.25, 0.3) is 0 Å². The number of likely N-dealkylation sites (N-methyl/N-ethyl adjacent to an activating group) is 1. The van der Waals surface area contributed by atoms with Crippen molar-refractivity contribution in [1.29, 1.82) is 0 Å². The van der Waals surface area contributed by atoms with Gasteiger partial charge in [-0.1, -0.05) is 43.7 Å². The average molecular weight is 317 g/mol. The summed E-state index contributed by atoms with van der Waals surface area (Å²) in [6.45, 7) is 2.82. The maximum absolute atomic E-state index is 12.2. The highest BCUT2D eigenvalue weighted by atomic mass is 16.2. The molecule has 0 saturated carbocycles. The van der Waals surface area contributed by atoms with Crippen LogP contribution >= 0.6 is 0 Å². The number of aryl methyl sites for hydroxylation is 1. The SMILES string of the molecule is CCC[C@@H](CCc1ccccc1)NC(=O)N[C@@H]1CCN(C)C1=O. The van der Waals surface area contributed by atoms with Crippen LogP contribution in [0, 0.1) is 0 Å². The minimum atomic E-state index is -0.378. The van der Waals surface area contributed by atoms with Crippen LogP contribution in [0.5, 0.6) is 0 Å². The van der Waals surface area contributed by atoms with Gasteiger partial charge in [-0.25, -0.2) is 4.79 Å². The zero-order chi connectivity index (χ0) is 16.7. The summed E-state index contributed by atoms with van der Waals surface area (Å²) in [7, 11) is 1.77. The second-order valence-electron chi connectivity index (χ2n) is 6.23. The molecule has 126 valence electrons. The highest BCUT2D eigenvalue weighted by Crippen LogP contribution is 2.10. The van der Waals surface area contributed by atoms with E-state index >= 15 is 0 Å². The lowest BCUT2D eigenvalue weighted by Gasteiger charge is -2.20. The van der Waals surface area contributed by atoms with Crippen molar-refractivity contribution >= 4 is 11.9 Å². The molecular formula is C18H27N3O2. The van der Waals surface area contributed by atoms with Crippen molar-refractivity contribution in [3.8, 4) is 0 Å². The Balaban J connectivity index is 1.81. The van der Waals surface area contributed by atoms with Crippen LogP contribution in [0.4, 0.5) is 4.79 Å². The molecule has 0 aliphatic carbocycles. The lowest BCUT2D eigenvalue weighted by atomic mass is 10.0. The molecule has 2 atom stereocenters. The summed E-state index contributed by atoms with van der Waals surface area (Å²) in [5.41, 5.74) is 1.28. The van der Waals surface area contributed by atoms with Crippen LogP contribution < -0.4 is 10.6 Å². The molecule has 1 saturated heterocycles. The Morgan fingerprint density at radius 2 is 2.04 bits per heavy atom. The predicted octanol–water partition coefficient (Wildman–Crippen LogP) is 2.32. The summed E-state index contributed by atoms with van der Waals surface area (Å²) in [6.07, 6.45) is 4.50. The van der Waals surface area contributed by atoms with E-state index in [2.05, 4.69) is 29.7 Å². The summed E-state index contributed by atoms with van der Waals surface area (Å²) in [6, 6.07) is 9.82. The quantitative estimate of drug-likeness (QED) is 0.811. The van der Waals surface area contributed by atoms with Gasteiger partial charge in [0, 0.05) is 19.6 Å². The van der Waals surface area contributed by atoms with Crippen LogP contribution in [-0.2, 0) is 11.2 Å². The minimum absolute atomic E-state index is 0.00326. The van der Waals surface area contributed by atoms with Gasteiger partial charge in [-0.05, 0) is 31.2 Å². The molecule has 5 heteroatoms. The van der Waals surface area contributed by atoms with Gasteiger partial charge < -0.3 is 15.5 Å². The first-order valence-electron chi connectivity index (χ1n) is 8.46. The second-order valence-corrected chi connectivity index (χ2v) is 6.23. The van der Waals surface area contributed by atoms with E-state index in [4.69, 9.17) is 0 Å². The molecule has 3 amide bonds. The molecule has 23 heavy (non-hydrogen) atoms. The topological polar surface area (TPSA) is 61.4 Å². The first-order valence-corrected chi connectivity index (χ1v) is 8.46. The van der Waals surface area contributed by atoms with E-state index in [1.807, 2.05) is 18.2 Å². The van der Waals surface area contributed by atoms with Crippen LogP contribution in [0.25, 0.3) is 0 Å². The summed E-state index contributed by atoms with van der Waals surface area (Å²) >= 11 is 0. The number of amides is 3. The maximum atomic E-state index is 12.2. The molecule has 1 aromatic rings. The van der Waals surface area contributed by atoms with Crippen LogP contribution in [0.15, 0.2) is 30.3 Å². The van der Waals surface area contributed by atoms with Crippen molar-refractivity contribution in [2.75, 3.05) is 13.6 Å². The number of nitrogens with one attached hydrogen (secondary N) is 2. The normalized spacial score (nSPS) is 18.8. The van der Waals surface area contributed by atoms with Crippen molar-refractivity contribution in [3.05, 3.63) is 35.9 Å². The maximum Gasteiger partial charge on any atom is 0.315 e. The molecule has 1 aliphatic heterocycles. The van der Waals surface area contributed by atoms with Crippen molar-refractivity contribution in [2.45, 2.75) is 51.1 Å². The Morgan fingerprint density at radius 1 is 1.30 bits per heavy atom. The Hall–Kier alpha value is -2.04. The molecule has 1 aromatic carbocycles. The molecule has 5 nitrogen and oxygen atoms in total. The van der Waals surface area contributed by atoms with Gasteiger partial charge in [0.2, 0.25) is 5.91 Å². The van der Waals surface area contributed by atoms with E-state index < -0.39 is 0 Å². The number of carbonyl (C=O) groups is 2. The Labute approximate surface area is 138 Å². The Kier molecular flexibility index (Phi) is 6.44. The second kappa shape index (κ2) is 8.56. The molecule has 0 aromatic heterocycles. The summed E-state index contributed by atoms with van der Waals surface area (Å²) < 4.78 is 0. The fourth-order valence-electron chi connectivity index (χ4n) is 2.96. The van der Waals surface area contributed by atoms with E-state index in [0.29, 0.717) is 13.0 Å². The Bertz CT molecular complexity index is 518. The number of nitrogens with zero attached hydrogens (tertiary/aromatic N) is 1. The molecule has 1 fully saturated rings. The first-order chi connectivity index (χ1) is 11.1. The number of hydrogen-bond acceptors (Lipinski definition) is 2. The van der Waals surface area contributed by atoms with E-state index in [0.717, 1.165) is 25.7 Å². The predicted molar refractivity (Wildman–Crippen MR) is 91.2 cm³/mol. The van der Waals surface area contributed by atoms with E-state index in [1.165, 1.54) is 5.56 Å². The monoisotopic (exact) mass is 317 g/mol. The van der Waals surface area contributed by atoms with E-state index in [-0.39, 0.29) is 24.0 Å². The zero-order valence-electron chi connectivity index (χ0n) is 14.0. The van der Waals surface area contributed by atoms with Gasteiger partial charge in [-0.2, -0.15) is 0 Å². The van der Waals surface area contributed by atoms with Gasteiger partial charge >= 0.3 is 6.03 Å². The fourth-order valence-corrected chi connectivity index (χ4v) is 2.96. The molecule has 2 rings (SSSR count). The standard InChI is InChI=1S/C18H27N3O2/c1-3-7-15(11-10-14-8-5-4-6-9-14)19-18(23)20-16-12-13-21(2)17(16)22/h4-6,8-9,15-16H,3,7,10-13H2,1-2H3,(H2,19,20,23)/t15-,16+/m0/s1. The van der Waals surface area contributed by atoms with Crippen LogP contribution in [0.3, 0.4) is 0 Å². The van der Waals surface area contributed by atoms with Crippen molar-refractivity contribution in [3.63, 3.8) is 0 Å². The first kappa shape index (κ1) is 17.3. The van der Waals surface area contributed by atoms with Crippen LogP contribution in [0.1, 0.15) is 38.2 Å². The molecule has 0 radical (unpaired) electrons. The van der Waals surface area contributed by atoms with Gasteiger partial charge in [-0.3, -0.25) is 4.79 Å². The number of benzene rings is 1. The van der Waals surface area contributed by atoms with Crippen molar-refractivity contribution in [2.24, 2.45) is 0 Å². The molecule has 0 spiro atoms. The summed E-state index contributed by atoms with van der Waals surface area (Å²) in [5.74, 6) is -0.00326. The van der Waals surface area contributed by atoms with E-state index in [1.54, 1.807) is 11.9 Å². The van der Waals surface area contributed by atoms with Crippen LogP contribution in [-0.4, -0.2) is 42.5 Å².